The molecule has 2 atom stereocenters. The van der Waals surface area contributed by atoms with Crippen LogP contribution in [0.5, 0.6) is 0 Å². The lowest BCUT2D eigenvalue weighted by Gasteiger charge is -2.21. The van der Waals surface area contributed by atoms with Gasteiger partial charge in [0.1, 0.15) is 0 Å². The van der Waals surface area contributed by atoms with Gasteiger partial charge in [-0.25, -0.2) is 9.48 Å². The number of hydrogen-bond donors (Lipinski definition) is 1. The van der Waals surface area contributed by atoms with Crippen LogP contribution in [0.15, 0.2) is 0 Å². The zero-order valence-electron chi connectivity index (χ0n) is 10.1. The minimum Gasteiger partial charge on any atom is -0.479 e. The molecule has 94 valence electrons. The van der Waals surface area contributed by atoms with Crippen LogP contribution >= 0.6 is 0 Å². The van der Waals surface area contributed by atoms with Crippen molar-refractivity contribution < 1.29 is 14.6 Å². The zero-order chi connectivity index (χ0) is 12.6. The van der Waals surface area contributed by atoms with Crippen LogP contribution in [-0.4, -0.2) is 44.0 Å². The molecule has 0 radical (unpaired) electrons. The van der Waals surface area contributed by atoms with Crippen molar-refractivity contribution >= 4 is 5.97 Å². The molecule has 1 aliphatic rings. The maximum absolute atomic E-state index is 11.2. The first kappa shape index (κ1) is 12.0. The van der Waals surface area contributed by atoms with Gasteiger partial charge in [-0.3, -0.25) is 0 Å². The van der Waals surface area contributed by atoms with Crippen molar-refractivity contribution in [2.24, 2.45) is 0 Å². The zero-order valence-corrected chi connectivity index (χ0v) is 10.1. The van der Waals surface area contributed by atoms with Crippen molar-refractivity contribution in [3.8, 4) is 0 Å². The summed E-state index contributed by atoms with van der Waals surface area (Å²) in [5, 5.41) is 20.5. The van der Waals surface area contributed by atoms with E-state index in [0.717, 1.165) is 6.42 Å². The maximum Gasteiger partial charge on any atom is 0.331 e. The van der Waals surface area contributed by atoms with E-state index in [1.54, 1.807) is 13.8 Å². The topological polar surface area (TPSA) is 90.1 Å². The smallest absolute Gasteiger partial charge is 0.331 e. The maximum atomic E-state index is 11.2. The predicted molar refractivity (Wildman–Crippen MR) is 57.5 cm³/mol. The van der Waals surface area contributed by atoms with Gasteiger partial charge in [0.2, 0.25) is 0 Å². The first-order valence-corrected chi connectivity index (χ1v) is 5.56. The van der Waals surface area contributed by atoms with Crippen molar-refractivity contribution in [2.45, 2.75) is 44.8 Å². The van der Waals surface area contributed by atoms with Gasteiger partial charge in [0.15, 0.2) is 11.4 Å². The molecule has 0 amide bonds. The van der Waals surface area contributed by atoms with Gasteiger partial charge in [0, 0.05) is 5.92 Å². The van der Waals surface area contributed by atoms with Crippen LogP contribution in [-0.2, 0) is 15.1 Å². The highest BCUT2D eigenvalue weighted by atomic mass is 16.5. The fourth-order valence-electron chi connectivity index (χ4n) is 1.93. The standard InChI is InChI=1S/C10H16N4O3/c1-6-4-7(5-17-6)8-11-12-13-14(8)10(2,3)9(15)16/h6-7H,4-5H2,1-3H3,(H,15,16). The third-order valence-corrected chi connectivity index (χ3v) is 3.11. The lowest BCUT2D eigenvalue weighted by Crippen LogP contribution is -2.38. The summed E-state index contributed by atoms with van der Waals surface area (Å²) in [4.78, 5) is 11.2. The highest BCUT2D eigenvalue weighted by Crippen LogP contribution is 2.29. The average Bonchev–Trinajstić information content (AvgIpc) is 2.84. The largest absolute Gasteiger partial charge is 0.479 e. The van der Waals surface area contributed by atoms with E-state index in [4.69, 9.17) is 4.74 Å². The van der Waals surface area contributed by atoms with E-state index in [2.05, 4.69) is 15.5 Å². The summed E-state index contributed by atoms with van der Waals surface area (Å²) < 4.78 is 6.84. The van der Waals surface area contributed by atoms with Gasteiger partial charge in [0.25, 0.3) is 0 Å². The molecule has 1 aromatic rings. The highest BCUT2D eigenvalue weighted by molar-refractivity contribution is 5.75. The fraction of sp³-hybridized carbons (Fsp3) is 0.800. The third-order valence-electron chi connectivity index (χ3n) is 3.11. The second kappa shape index (κ2) is 4.06. The quantitative estimate of drug-likeness (QED) is 0.821. The van der Waals surface area contributed by atoms with Crippen molar-refractivity contribution in [1.82, 2.24) is 20.2 Å². The number of ether oxygens (including phenoxy) is 1. The lowest BCUT2D eigenvalue weighted by molar-refractivity contribution is -0.146. The first-order chi connectivity index (χ1) is 7.93. The molecule has 1 fully saturated rings. The highest BCUT2D eigenvalue weighted by Gasteiger charge is 2.37. The van der Waals surface area contributed by atoms with Gasteiger partial charge in [-0.05, 0) is 37.6 Å². The van der Waals surface area contributed by atoms with Crippen LogP contribution < -0.4 is 0 Å². The molecule has 0 aliphatic carbocycles. The second-order valence-electron chi connectivity index (χ2n) is 4.89. The van der Waals surface area contributed by atoms with E-state index < -0.39 is 11.5 Å². The van der Waals surface area contributed by atoms with Crippen LogP contribution in [0.25, 0.3) is 0 Å². The van der Waals surface area contributed by atoms with Crippen molar-refractivity contribution in [3.05, 3.63) is 5.82 Å². The molecule has 1 aliphatic heterocycles. The molecule has 1 aromatic heterocycles. The van der Waals surface area contributed by atoms with Gasteiger partial charge >= 0.3 is 5.97 Å². The summed E-state index contributed by atoms with van der Waals surface area (Å²) in [6.45, 7) is 5.68. The Morgan fingerprint density at radius 3 is 2.82 bits per heavy atom. The van der Waals surface area contributed by atoms with Gasteiger partial charge < -0.3 is 9.84 Å². The molecule has 2 unspecified atom stereocenters. The number of aliphatic carboxylic acids is 1. The molecule has 0 saturated carbocycles. The Balaban J connectivity index is 2.32. The summed E-state index contributed by atoms with van der Waals surface area (Å²) >= 11 is 0. The number of aromatic nitrogens is 4. The van der Waals surface area contributed by atoms with E-state index in [-0.39, 0.29) is 12.0 Å². The SMILES string of the molecule is CC1CC(c2nnnn2C(C)(C)C(=O)O)CO1. The number of carbonyl (C=O) groups is 1. The molecule has 2 rings (SSSR count). The Morgan fingerprint density at radius 2 is 2.29 bits per heavy atom. The summed E-state index contributed by atoms with van der Waals surface area (Å²) in [6.07, 6.45) is 0.980. The van der Waals surface area contributed by atoms with Crippen LogP contribution in [0, 0.1) is 0 Å². The molecule has 2 heterocycles. The lowest BCUT2D eigenvalue weighted by atomic mass is 10.0. The normalized spacial score (nSPS) is 25.1. The molecule has 17 heavy (non-hydrogen) atoms. The number of tetrazole rings is 1. The molecule has 7 heteroatoms. The molecular weight excluding hydrogens is 224 g/mol. The Bertz CT molecular complexity index is 429. The van der Waals surface area contributed by atoms with E-state index in [1.165, 1.54) is 4.68 Å². The first-order valence-electron chi connectivity index (χ1n) is 5.56. The van der Waals surface area contributed by atoms with E-state index in [9.17, 15) is 9.90 Å². The molecule has 1 N–H and O–H groups in total. The predicted octanol–water partition coefficient (Wildman–Crippen LogP) is 0.385. The summed E-state index contributed by atoms with van der Waals surface area (Å²) in [7, 11) is 0. The number of carboxylic acid groups (broad SMARTS) is 1. The summed E-state index contributed by atoms with van der Waals surface area (Å²) in [5.41, 5.74) is -1.15. The molecular formula is C10H16N4O3. The van der Waals surface area contributed by atoms with Gasteiger partial charge in [-0.2, -0.15) is 0 Å². The van der Waals surface area contributed by atoms with Gasteiger partial charge in [0.05, 0.1) is 12.7 Å². The van der Waals surface area contributed by atoms with Crippen molar-refractivity contribution in [1.29, 1.82) is 0 Å². The van der Waals surface area contributed by atoms with E-state index >= 15 is 0 Å². The van der Waals surface area contributed by atoms with E-state index in [0.29, 0.717) is 12.4 Å². The van der Waals surface area contributed by atoms with E-state index in [1.807, 2.05) is 6.92 Å². The molecule has 0 aromatic carbocycles. The molecule has 1 saturated heterocycles. The summed E-state index contributed by atoms with van der Waals surface area (Å²) in [6, 6.07) is 0. The monoisotopic (exact) mass is 240 g/mol. The van der Waals surface area contributed by atoms with Crippen LogP contribution in [0.2, 0.25) is 0 Å². The molecule has 0 spiro atoms. The Hall–Kier alpha value is -1.50. The number of nitrogens with zero attached hydrogens (tertiary/aromatic N) is 4. The third kappa shape index (κ3) is 2.02. The van der Waals surface area contributed by atoms with Crippen molar-refractivity contribution in [2.75, 3.05) is 6.61 Å². The summed E-state index contributed by atoms with van der Waals surface area (Å²) in [5.74, 6) is -0.307. The Labute approximate surface area is 98.8 Å². The van der Waals surface area contributed by atoms with Crippen LogP contribution in [0.4, 0.5) is 0 Å². The molecule has 0 bridgehead atoms. The molecule has 7 nitrogen and oxygen atoms in total. The Morgan fingerprint density at radius 1 is 1.59 bits per heavy atom. The van der Waals surface area contributed by atoms with Crippen LogP contribution in [0.1, 0.15) is 38.9 Å². The number of carboxylic acids is 1. The Kier molecular flexibility index (Phi) is 2.86. The van der Waals surface area contributed by atoms with Crippen LogP contribution in [0.3, 0.4) is 0 Å². The van der Waals surface area contributed by atoms with Gasteiger partial charge in [-0.1, -0.05) is 0 Å². The average molecular weight is 240 g/mol. The fourth-order valence-corrected chi connectivity index (χ4v) is 1.93. The second-order valence-corrected chi connectivity index (χ2v) is 4.89. The van der Waals surface area contributed by atoms with Gasteiger partial charge in [-0.15, -0.1) is 5.10 Å². The number of hydrogen-bond acceptors (Lipinski definition) is 5. The minimum atomic E-state index is -1.15. The minimum absolute atomic E-state index is 0.0682. The number of rotatable bonds is 3. The van der Waals surface area contributed by atoms with Crippen molar-refractivity contribution in [3.63, 3.8) is 0 Å².